The Balaban J connectivity index is 1.62. The van der Waals surface area contributed by atoms with Gasteiger partial charge < -0.3 is 10.6 Å². The second kappa shape index (κ2) is 16.0. The van der Waals surface area contributed by atoms with Gasteiger partial charge in [0.2, 0.25) is 0 Å². The van der Waals surface area contributed by atoms with Crippen molar-refractivity contribution in [3.63, 3.8) is 0 Å². The lowest BCUT2D eigenvalue weighted by Gasteiger charge is -2.25. The Morgan fingerprint density at radius 2 is 0.812 bits per heavy atom. The third kappa shape index (κ3) is 8.08. The Bertz CT molecular complexity index is 1900. The van der Waals surface area contributed by atoms with Crippen LogP contribution in [-0.4, -0.2) is 23.2 Å². The largest absolute Gasteiger partial charge is 0.367 e. The Hall–Kier alpha value is -4.62. The van der Waals surface area contributed by atoms with Crippen molar-refractivity contribution in [3.8, 4) is 0 Å². The molecule has 6 heteroatoms. The van der Waals surface area contributed by atoms with Crippen LogP contribution in [0.25, 0.3) is 10.8 Å². The van der Waals surface area contributed by atoms with Crippen molar-refractivity contribution in [3.05, 3.63) is 158 Å². The molecule has 4 nitrogen and oxygen atoms in total. The van der Waals surface area contributed by atoms with Crippen LogP contribution in [0.4, 0.5) is 11.4 Å². The fraction of sp³-hybridized carbons (Fsp3) is 0.143. The molecule has 0 aliphatic heterocycles. The third-order valence-electron chi connectivity index (χ3n) is 7.64. The van der Waals surface area contributed by atoms with Crippen molar-refractivity contribution < 1.29 is 0 Å². The summed E-state index contributed by atoms with van der Waals surface area (Å²) in [7, 11) is -1.94. The van der Waals surface area contributed by atoms with Crippen LogP contribution < -0.4 is 31.9 Å². The maximum Gasteiger partial charge on any atom is 0.134 e. The second-order valence-corrected chi connectivity index (χ2v) is 16.4. The van der Waals surface area contributed by atoms with E-state index < -0.39 is 15.8 Å². The van der Waals surface area contributed by atoms with E-state index in [-0.39, 0.29) is 12.1 Å². The fourth-order valence-corrected chi connectivity index (χ4v) is 10.2. The number of rotatable bonds is 10. The van der Waals surface area contributed by atoms with Crippen molar-refractivity contribution in [2.45, 2.75) is 39.8 Å². The molecule has 0 bridgehead atoms. The first kappa shape index (κ1) is 33.3. The molecule has 0 saturated heterocycles. The van der Waals surface area contributed by atoms with Crippen LogP contribution in [0.5, 0.6) is 0 Å². The molecule has 0 atom stereocenters. The molecule has 6 aromatic rings. The molecule has 6 aromatic carbocycles. The summed E-state index contributed by atoms with van der Waals surface area (Å²) in [6.07, 6.45) is 0. The van der Waals surface area contributed by atoms with Gasteiger partial charge in [-0.1, -0.05) is 152 Å². The van der Waals surface area contributed by atoms with Crippen LogP contribution in [0.15, 0.2) is 168 Å². The van der Waals surface area contributed by atoms with Crippen LogP contribution >= 0.6 is 15.8 Å². The van der Waals surface area contributed by atoms with Crippen molar-refractivity contribution >= 4 is 70.4 Å². The van der Waals surface area contributed by atoms with Crippen molar-refractivity contribution in [1.82, 2.24) is 10.6 Å². The molecule has 0 aliphatic carbocycles. The van der Waals surface area contributed by atoms with E-state index in [9.17, 15) is 0 Å². The third-order valence-corrected chi connectivity index (χ3v) is 12.2. The molecule has 6 rings (SSSR count). The summed E-state index contributed by atoms with van der Waals surface area (Å²) in [6, 6.07) is 56.2. The van der Waals surface area contributed by atoms with Gasteiger partial charge in [-0.3, -0.25) is 0 Å². The molecule has 0 amide bonds. The van der Waals surface area contributed by atoms with Gasteiger partial charge in [-0.2, -0.15) is 0 Å². The van der Waals surface area contributed by atoms with E-state index in [1.165, 1.54) is 21.2 Å². The van der Waals surface area contributed by atoms with E-state index in [1.54, 1.807) is 0 Å². The zero-order chi connectivity index (χ0) is 33.3. The first-order valence-corrected chi connectivity index (χ1v) is 19.2. The number of aliphatic imine (C=N–C) groups is 2. The molecule has 2 N–H and O–H groups in total. The van der Waals surface area contributed by atoms with Crippen molar-refractivity contribution in [2.24, 2.45) is 9.98 Å². The zero-order valence-corrected chi connectivity index (χ0v) is 29.7. The summed E-state index contributed by atoms with van der Waals surface area (Å²) in [5, 5.41) is 14.8. The average Bonchev–Trinajstić information content (AvgIpc) is 3.11. The number of fused-ring (bicyclic) bond motifs is 1. The normalized spacial score (nSPS) is 12.3. The highest BCUT2D eigenvalue weighted by atomic mass is 31.1. The topological polar surface area (TPSA) is 48.8 Å². The van der Waals surface area contributed by atoms with Gasteiger partial charge in [0, 0.05) is 33.3 Å². The van der Waals surface area contributed by atoms with Gasteiger partial charge in [0.15, 0.2) is 0 Å². The molecular weight excluding hydrogens is 622 g/mol. The first-order chi connectivity index (χ1) is 23.5. The van der Waals surface area contributed by atoms with Gasteiger partial charge in [-0.05, 0) is 60.4 Å². The standard InChI is InChI=1S/C42H42N4P2/c1-31(2)43-41(47(34-20-9-5-10-21-34)35-22-11-6-12-23-35)45-39-30-29-33-19-17-18-28-38(33)40(39)46-42(44-32(3)4)48(36-24-13-7-14-25-36)37-26-15-8-16-27-37/h5-32H,1-4H3,(H,43,45)(H,44,46). The Morgan fingerprint density at radius 1 is 0.438 bits per heavy atom. The molecule has 0 aliphatic rings. The van der Waals surface area contributed by atoms with Gasteiger partial charge >= 0.3 is 0 Å². The number of amidine groups is 2. The molecule has 0 aromatic heterocycles. The molecule has 0 radical (unpaired) electrons. The number of hydrogen-bond donors (Lipinski definition) is 2. The molecule has 48 heavy (non-hydrogen) atoms. The van der Waals surface area contributed by atoms with E-state index in [1.807, 2.05) is 0 Å². The predicted octanol–water partition coefficient (Wildman–Crippen LogP) is 9.08. The summed E-state index contributed by atoms with van der Waals surface area (Å²) in [5.41, 5.74) is 3.62. The number of nitrogens with zero attached hydrogens (tertiary/aromatic N) is 2. The van der Waals surface area contributed by atoms with E-state index in [2.05, 4.69) is 196 Å². The first-order valence-electron chi connectivity index (χ1n) is 16.5. The van der Waals surface area contributed by atoms with Crippen molar-refractivity contribution in [2.75, 3.05) is 0 Å². The zero-order valence-electron chi connectivity index (χ0n) is 28.0. The highest BCUT2D eigenvalue weighted by Gasteiger charge is 2.25. The Kier molecular flexibility index (Phi) is 11.1. The Labute approximate surface area is 287 Å². The van der Waals surface area contributed by atoms with Gasteiger partial charge in [-0.15, -0.1) is 0 Å². The number of nitrogens with one attached hydrogen (secondary N) is 2. The minimum absolute atomic E-state index is 0.185. The minimum Gasteiger partial charge on any atom is -0.367 e. The number of benzene rings is 6. The van der Waals surface area contributed by atoms with Gasteiger partial charge in [0.25, 0.3) is 0 Å². The van der Waals surface area contributed by atoms with Crippen molar-refractivity contribution in [1.29, 1.82) is 0 Å². The second-order valence-electron chi connectivity index (χ2n) is 12.1. The van der Waals surface area contributed by atoms with Crippen LogP contribution in [0.2, 0.25) is 0 Å². The van der Waals surface area contributed by atoms with Crippen LogP contribution in [0.3, 0.4) is 0 Å². The summed E-state index contributed by atoms with van der Waals surface area (Å²) in [4.78, 5) is 11.2. The SMILES string of the molecule is CC(C)NC(=Nc1ccc2ccccc2c1N=C(NC(C)C)P(c1ccccc1)c1ccccc1)P(c1ccccc1)c1ccccc1. The highest BCUT2D eigenvalue weighted by molar-refractivity contribution is 7.88. The molecule has 0 spiro atoms. The molecule has 0 fully saturated rings. The maximum atomic E-state index is 5.62. The molecule has 0 heterocycles. The lowest BCUT2D eigenvalue weighted by Crippen LogP contribution is -2.34. The molecule has 0 unspecified atom stereocenters. The lowest BCUT2D eigenvalue weighted by atomic mass is 10.1. The lowest BCUT2D eigenvalue weighted by molar-refractivity contribution is 0.739. The summed E-state index contributed by atoms with van der Waals surface area (Å²) in [5.74, 6) is 0. The molecule has 240 valence electrons. The molecular formula is C42H42N4P2. The van der Waals surface area contributed by atoms with Crippen LogP contribution in [0.1, 0.15) is 27.7 Å². The summed E-state index contributed by atoms with van der Waals surface area (Å²) >= 11 is 0. The maximum absolute atomic E-state index is 5.62. The fourth-order valence-electron chi connectivity index (χ4n) is 5.58. The van der Waals surface area contributed by atoms with Gasteiger partial charge in [-0.25, -0.2) is 9.98 Å². The van der Waals surface area contributed by atoms with Gasteiger partial charge in [0.05, 0.1) is 11.4 Å². The Morgan fingerprint density at radius 3 is 1.23 bits per heavy atom. The van der Waals surface area contributed by atoms with Gasteiger partial charge in [0.1, 0.15) is 11.2 Å². The van der Waals surface area contributed by atoms with Crippen LogP contribution in [-0.2, 0) is 0 Å². The van der Waals surface area contributed by atoms with Crippen LogP contribution in [0, 0.1) is 0 Å². The summed E-state index contributed by atoms with van der Waals surface area (Å²) < 4.78 is 0. The monoisotopic (exact) mass is 664 g/mol. The highest BCUT2D eigenvalue weighted by Crippen LogP contribution is 2.43. The summed E-state index contributed by atoms with van der Waals surface area (Å²) in [6.45, 7) is 8.71. The average molecular weight is 665 g/mol. The van der Waals surface area contributed by atoms with E-state index >= 15 is 0 Å². The quantitative estimate of drug-likeness (QED) is 0.0872. The number of hydrogen-bond acceptors (Lipinski definition) is 2. The van der Waals surface area contributed by atoms with E-state index in [4.69, 9.17) is 9.98 Å². The molecule has 0 saturated carbocycles. The minimum atomic E-state index is -0.978. The van der Waals surface area contributed by atoms with E-state index in [0.29, 0.717) is 0 Å². The van der Waals surface area contributed by atoms with E-state index in [0.717, 1.165) is 33.3 Å². The smallest absolute Gasteiger partial charge is 0.134 e. The predicted molar refractivity (Wildman–Crippen MR) is 213 cm³/mol.